The van der Waals surface area contributed by atoms with Gasteiger partial charge in [-0.3, -0.25) is 14.5 Å². The largest absolute Gasteiger partial charge is 0.396 e. The number of H-pyrrole nitrogens is 1. The Morgan fingerprint density at radius 1 is 1.60 bits per heavy atom. The molecule has 2 heterocycles. The van der Waals surface area contributed by atoms with Gasteiger partial charge in [-0.2, -0.15) is 0 Å². The zero-order chi connectivity index (χ0) is 10.8. The Labute approximate surface area is 85.6 Å². The van der Waals surface area contributed by atoms with E-state index in [-0.39, 0.29) is 36.2 Å². The third kappa shape index (κ3) is 1.75. The second-order valence-corrected chi connectivity index (χ2v) is 3.50. The van der Waals surface area contributed by atoms with Gasteiger partial charge in [0, 0.05) is 37.9 Å². The molecule has 0 radical (unpaired) electrons. The quantitative estimate of drug-likeness (QED) is 0.662. The van der Waals surface area contributed by atoms with E-state index in [9.17, 15) is 9.59 Å². The van der Waals surface area contributed by atoms with Gasteiger partial charge in [-0.15, -0.1) is 0 Å². The summed E-state index contributed by atoms with van der Waals surface area (Å²) >= 11 is 0. The van der Waals surface area contributed by atoms with E-state index in [2.05, 4.69) is 9.97 Å². The maximum atomic E-state index is 11.5. The SMILES string of the molecule is O=C1CC(CO)CN1c1ncc[nH]c1=O. The van der Waals surface area contributed by atoms with Gasteiger partial charge in [0.05, 0.1) is 0 Å². The molecule has 80 valence electrons. The molecule has 1 amide bonds. The van der Waals surface area contributed by atoms with Crippen LogP contribution in [-0.4, -0.2) is 34.1 Å². The van der Waals surface area contributed by atoms with Crippen molar-refractivity contribution in [2.75, 3.05) is 18.1 Å². The van der Waals surface area contributed by atoms with Crippen LogP contribution in [0.15, 0.2) is 17.2 Å². The lowest BCUT2D eigenvalue weighted by atomic mass is 10.1. The molecule has 6 heteroatoms. The van der Waals surface area contributed by atoms with Crippen molar-refractivity contribution in [3.8, 4) is 0 Å². The standard InChI is InChI=1S/C9H11N3O3/c13-5-6-3-7(14)12(4-6)8-9(15)11-2-1-10-8/h1-2,6,13H,3-5H2,(H,11,15). The van der Waals surface area contributed by atoms with Gasteiger partial charge in [0.1, 0.15) is 0 Å². The maximum Gasteiger partial charge on any atom is 0.291 e. The molecule has 15 heavy (non-hydrogen) atoms. The van der Waals surface area contributed by atoms with E-state index in [1.807, 2.05) is 0 Å². The molecule has 0 aromatic carbocycles. The molecule has 1 atom stereocenters. The molecule has 1 aliphatic rings. The first-order valence-corrected chi connectivity index (χ1v) is 4.67. The third-order valence-corrected chi connectivity index (χ3v) is 2.41. The average molecular weight is 209 g/mol. The van der Waals surface area contributed by atoms with Crippen molar-refractivity contribution >= 4 is 11.7 Å². The van der Waals surface area contributed by atoms with E-state index in [1.165, 1.54) is 17.3 Å². The maximum absolute atomic E-state index is 11.5. The second kappa shape index (κ2) is 3.82. The topological polar surface area (TPSA) is 86.3 Å². The van der Waals surface area contributed by atoms with Crippen molar-refractivity contribution in [1.29, 1.82) is 0 Å². The molecule has 1 saturated heterocycles. The average Bonchev–Trinajstić information content (AvgIpc) is 2.60. The molecule has 6 nitrogen and oxygen atoms in total. The minimum atomic E-state index is -0.385. The van der Waals surface area contributed by atoms with Crippen molar-refractivity contribution in [2.45, 2.75) is 6.42 Å². The number of nitrogens with one attached hydrogen (secondary N) is 1. The lowest BCUT2D eigenvalue weighted by Gasteiger charge is -2.13. The molecule has 1 aromatic rings. The molecule has 2 rings (SSSR count). The van der Waals surface area contributed by atoms with Crippen LogP contribution in [0.1, 0.15) is 6.42 Å². The highest BCUT2D eigenvalue weighted by Gasteiger charge is 2.32. The first-order chi connectivity index (χ1) is 7.22. The van der Waals surface area contributed by atoms with Crippen LogP contribution in [0.5, 0.6) is 0 Å². The summed E-state index contributed by atoms with van der Waals surface area (Å²) in [5, 5.41) is 8.93. The van der Waals surface area contributed by atoms with Gasteiger partial charge in [-0.05, 0) is 0 Å². The number of aliphatic hydroxyl groups excluding tert-OH is 1. The summed E-state index contributed by atoms with van der Waals surface area (Å²) in [5.74, 6) is -0.157. The Bertz CT molecular complexity index is 429. The molecule has 0 saturated carbocycles. The molecule has 0 aliphatic carbocycles. The fourth-order valence-corrected chi connectivity index (χ4v) is 1.64. The number of aromatic amines is 1. The molecule has 1 fully saturated rings. The van der Waals surface area contributed by atoms with Gasteiger partial charge in [-0.25, -0.2) is 4.98 Å². The van der Waals surface area contributed by atoms with Gasteiger partial charge in [0.25, 0.3) is 5.56 Å². The van der Waals surface area contributed by atoms with Gasteiger partial charge in [-0.1, -0.05) is 0 Å². The van der Waals surface area contributed by atoms with Crippen molar-refractivity contribution in [3.05, 3.63) is 22.7 Å². The number of aromatic nitrogens is 2. The van der Waals surface area contributed by atoms with Gasteiger partial charge >= 0.3 is 0 Å². The summed E-state index contributed by atoms with van der Waals surface area (Å²) in [6.07, 6.45) is 3.11. The first kappa shape index (κ1) is 9.85. The van der Waals surface area contributed by atoms with E-state index in [0.717, 1.165) is 0 Å². The van der Waals surface area contributed by atoms with E-state index in [1.54, 1.807) is 0 Å². The smallest absolute Gasteiger partial charge is 0.291 e. The van der Waals surface area contributed by atoms with E-state index in [0.29, 0.717) is 6.54 Å². The zero-order valence-electron chi connectivity index (χ0n) is 8.01. The Morgan fingerprint density at radius 3 is 3.00 bits per heavy atom. The number of anilines is 1. The zero-order valence-corrected chi connectivity index (χ0v) is 8.01. The minimum Gasteiger partial charge on any atom is -0.396 e. The van der Waals surface area contributed by atoms with Crippen LogP contribution in [0.25, 0.3) is 0 Å². The van der Waals surface area contributed by atoms with Crippen molar-refractivity contribution in [2.24, 2.45) is 5.92 Å². The number of carbonyl (C=O) groups excluding carboxylic acids is 1. The van der Waals surface area contributed by atoms with Gasteiger partial charge in [0.2, 0.25) is 11.7 Å². The van der Waals surface area contributed by atoms with Crippen LogP contribution >= 0.6 is 0 Å². The Kier molecular flexibility index (Phi) is 2.51. The van der Waals surface area contributed by atoms with Crippen LogP contribution in [0.4, 0.5) is 5.82 Å². The summed E-state index contributed by atoms with van der Waals surface area (Å²) in [6, 6.07) is 0. The molecular weight excluding hydrogens is 198 g/mol. The lowest BCUT2D eigenvalue weighted by molar-refractivity contribution is -0.117. The fourth-order valence-electron chi connectivity index (χ4n) is 1.64. The number of hydrogen-bond donors (Lipinski definition) is 2. The summed E-state index contributed by atoms with van der Waals surface area (Å²) in [7, 11) is 0. The van der Waals surface area contributed by atoms with Crippen molar-refractivity contribution < 1.29 is 9.90 Å². The van der Waals surface area contributed by atoms with E-state index in [4.69, 9.17) is 5.11 Å². The summed E-state index contributed by atoms with van der Waals surface area (Å²) in [4.78, 5) is 30.5. The van der Waals surface area contributed by atoms with Gasteiger partial charge in [0.15, 0.2) is 0 Å². The Hall–Kier alpha value is -1.69. The molecular formula is C9H11N3O3. The summed E-state index contributed by atoms with van der Waals surface area (Å²) in [5.41, 5.74) is -0.385. The molecule has 0 bridgehead atoms. The number of nitrogens with zero attached hydrogens (tertiary/aromatic N) is 2. The van der Waals surface area contributed by atoms with E-state index < -0.39 is 0 Å². The van der Waals surface area contributed by atoms with Crippen molar-refractivity contribution in [3.63, 3.8) is 0 Å². The predicted molar refractivity (Wildman–Crippen MR) is 52.4 cm³/mol. The molecule has 0 spiro atoms. The first-order valence-electron chi connectivity index (χ1n) is 4.67. The van der Waals surface area contributed by atoms with Crippen LogP contribution in [0, 0.1) is 5.92 Å². The number of carbonyl (C=O) groups is 1. The highest BCUT2D eigenvalue weighted by molar-refractivity contribution is 5.94. The number of rotatable bonds is 2. The van der Waals surface area contributed by atoms with Crippen LogP contribution in [0.2, 0.25) is 0 Å². The highest BCUT2D eigenvalue weighted by Crippen LogP contribution is 2.19. The van der Waals surface area contributed by atoms with Crippen molar-refractivity contribution in [1.82, 2.24) is 9.97 Å². The third-order valence-electron chi connectivity index (χ3n) is 2.41. The highest BCUT2D eigenvalue weighted by atomic mass is 16.3. The second-order valence-electron chi connectivity index (χ2n) is 3.50. The summed E-state index contributed by atoms with van der Waals surface area (Å²) in [6.45, 7) is 0.308. The lowest BCUT2D eigenvalue weighted by Crippen LogP contribution is -2.31. The van der Waals surface area contributed by atoms with Gasteiger partial charge < -0.3 is 10.1 Å². The fraction of sp³-hybridized carbons (Fsp3) is 0.444. The van der Waals surface area contributed by atoms with Crippen LogP contribution < -0.4 is 10.5 Å². The van der Waals surface area contributed by atoms with Crippen LogP contribution in [-0.2, 0) is 4.79 Å². The number of aliphatic hydroxyl groups is 1. The molecule has 2 N–H and O–H groups in total. The normalized spacial score (nSPS) is 21.0. The molecule has 1 unspecified atom stereocenters. The number of hydrogen-bond acceptors (Lipinski definition) is 4. The molecule has 1 aliphatic heterocycles. The minimum absolute atomic E-state index is 0.0486. The predicted octanol–water partition coefficient (Wildman–Crippen LogP) is -0.885. The Balaban J connectivity index is 2.29. The summed E-state index contributed by atoms with van der Waals surface area (Å²) < 4.78 is 0. The molecule has 1 aromatic heterocycles. The van der Waals surface area contributed by atoms with E-state index >= 15 is 0 Å². The Morgan fingerprint density at radius 2 is 2.40 bits per heavy atom. The monoisotopic (exact) mass is 209 g/mol. The van der Waals surface area contributed by atoms with Crippen LogP contribution in [0.3, 0.4) is 0 Å². The number of amides is 1.